The maximum absolute atomic E-state index is 9.18. The number of hydrogen-bond donors (Lipinski definition) is 1. The highest BCUT2D eigenvalue weighted by Crippen LogP contribution is 2.04. The summed E-state index contributed by atoms with van der Waals surface area (Å²) in [7, 11) is 0. The maximum atomic E-state index is 9.18. The zero-order chi connectivity index (χ0) is 8.15. The highest BCUT2D eigenvalue weighted by atomic mass is 16.3. The zero-order valence-electron chi connectivity index (χ0n) is 6.81. The predicted octanol–water partition coefficient (Wildman–Crippen LogP) is 2.97. The average molecular weight is 138 g/mol. The van der Waals surface area contributed by atoms with Gasteiger partial charge < -0.3 is 5.11 Å². The quantitative estimate of drug-likeness (QED) is 0.459. The van der Waals surface area contributed by atoms with Gasteiger partial charge >= 0.3 is 0 Å². The lowest BCUT2D eigenvalue weighted by molar-refractivity contribution is 0.425. The molecule has 0 aliphatic rings. The average Bonchev–Trinajstić information content (AvgIpc) is 1.87. The van der Waals surface area contributed by atoms with Crippen molar-refractivity contribution in [2.45, 2.75) is 20.8 Å². The molecule has 56 valence electrons. The Morgan fingerprint density at radius 3 is 2.10 bits per heavy atom. The van der Waals surface area contributed by atoms with Gasteiger partial charge in [0.2, 0.25) is 0 Å². The molecule has 0 radical (unpaired) electrons. The van der Waals surface area contributed by atoms with Gasteiger partial charge in [0.1, 0.15) is 5.76 Å². The predicted molar refractivity (Wildman–Crippen MR) is 45.0 cm³/mol. The Bertz CT molecular complexity index is 181. The third kappa shape index (κ3) is 3.13. The molecule has 0 aliphatic heterocycles. The van der Waals surface area contributed by atoms with E-state index in [1.165, 1.54) is 0 Å². The van der Waals surface area contributed by atoms with E-state index in [2.05, 4.69) is 6.58 Å². The summed E-state index contributed by atoms with van der Waals surface area (Å²) in [4.78, 5) is 0. The van der Waals surface area contributed by atoms with Gasteiger partial charge in [0.25, 0.3) is 0 Å². The molecule has 0 rings (SSSR count). The van der Waals surface area contributed by atoms with Crippen LogP contribution in [-0.4, -0.2) is 5.11 Å². The maximum Gasteiger partial charge on any atom is 0.114 e. The minimum absolute atomic E-state index is 0.331. The van der Waals surface area contributed by atoms with E-state index in [1.807, 2.05) is 20.8 Å². The molecule has 0 fully saturated rings. The van der Waals surface area contributed by atoms with Crippen molar-refractivity contribution in [3.8, 4) is 0 Å². The molecule has 1 N–H and O–H groups in total. The number of hydrogen-bond acceptors (Lipinski definition) is 1. The van der Waals surface area contributed by atoms with Crippen LogP contribution in [-0.2, 0) is 0 Å². The molecule has 0 spiro atoms. The summed E-state index contributed by atoms with van der Waals surface area (Å²) in [6.07, 6.45) is 3.40. The van der Waals surface area contributed by atoms with E-state index in [0.29, 0.717) is 5.76 Å². The Hall–Kier alpha value is -0.980. The third-order valence-electron chi connectivity index (χ3n) is 1.20. The van der Waals surface area contributed by atoms with Crippen molar-refractivity contribution in [1.82, 2.24) is 0 Å². The Morgan fingerprint density at radius 2 is 1.80 bits per heavy atom. The molecule has 10 heavy (non-hydrogen) atoms. The van der Waals surface area contributed by atoms with Gasteiger partial charge in [-0.15, -0.1) is 0 Å². The lowest BCUT2D eigenvalue weighted by atomic mass is 10.2. The topological polar surface area (TPSA) is 20.2 Å². The first-order chi connectivity index (χ1) is 4.57. The van der Waals surface area contributed by atoms with Crippen molar-refractivity contribution in [2.24, 2.45) is 0 Å². The van der Waals surface area contributed by atoms with E-state index in [9.17, 15) is 5.11 Å². The molecule has 0 unspecified atom stereocenters. The summed E-state index contributed by atoms with van der Waals surface area (Å²) in [5.74, 6) is 0.331. The molecule has 0 heterocycles. The van der Waals surface area contributed by atoms with Crippen LogP contribution in [0.3, 0.4) is 0 Å². The molecule has 1 heteroatoms. The second kappa shape index (κ2) is 3.94. The monoisotopic (exact) mass is 138 g/mol. The fourth-order valence-corrected chi connectivity index (χ4v) is 0.419. The normalized spacial score (nSPS) is 10.9. The van der Waals surface area contributed by atoms with Crippen molar-refractivity contribution < 1.29 is 5.11 Å². The molecular formula is C9H14O. The largest absolute Gasteiger partial charge is 0.508 e. The minimum atomic E-state index is 0.331. The zero-order valence-corrected chi connectivity index (χ0v) is 6.81. The molecule has 0 bridgehead atoms. The molecule has 0 saturated carbocycles. The Labute approximate surface area is 62.4 Å². The third-order valence-corrected chi connectivity index (χ3v) is 1.20. The van der Waals surface area contributed by atoms with Gasteiger partial charge in [-0.1, -0.05) is 12.7 Å². The second-order valence-corrected chi connectivity index (χ2v) is 2.48. The molecule has 0 atom stereocenters. The lowest BCUT2D eigenvalue weighted by Crippen LogP contribution is -1.79. The molecular weight excluding hydrogens is 124 g/mol. The van der Waals surface area contributed by atoms with Crippen molar-refractivity contribution in [3.63, 3.8) is 0 Å². The molecule has 0 aliphatic carbocycles. The number of rotatable bonds is 2. The second-order valence-electron chi connectivity index (χ2n) is 2.48. The van der Waals surface area contributed by atoms with Crippen LogP contribution < -0.4 is 0 Å². The summed E-state index contributed by atoms with van der Waals surface area (Å²) in [5, 5.41) is 9.18. The van der Waals surface area contributed by atoms with E-state index in [-0.39, 0.29) is 0 Å². The standard InChI is InChI=1S/C9H14O/c1-5-8(4)6-9(10)7(2)3/h5-6,10H,1H2,2-4H3/b8-6-. The molecule has 0 aromatic rings. The molecule has 0 amide bonds. The summed E-state index contributed by atoms with van der Waals surface area (Å²) in [6, 6.07) is 0. The van der Waals surface area contributed by atoms with Gasteiger partial charge in [-0.3, -0.25) is 0 Å². The van der Waals surface area contributed by atoms with Crippen LogP contribution >= 0.6 is 0 Å². The van der Waals surface area contributed by atoms with Crippen LogP contribution in [0.25, 0.3) is 0 Å². The Balaban J connectivity index is 4.42. The van der Waals surface area contributed by atoms with Crippen LogP contribution in [0.2, 0.25) is 0 Å². The van der Waals surface area contributed by atoms with E-state index in [4.69, 9.17) is 0 Å². The van der Waals surface area contributed by atoms with Crippen molar-refractivity contribution in [1.29, 1.82) is 0 Å². The molecule has 0 aromatic heterocycles. The van der Waals surface area contributed by atoms with Crippen LogP contribution in [0.4, 0.5) is 0 Å². The van der Waals surface area contributed by atoms with E-state index in [1.54, 1.807) is 12.2 Å². The van der Waals surface area contributed by atoms with Gasteiger partial charge in [0.15, 0.2) is 0 Å². The van der Waals surface area contributed by atoms with Gasteiger partial charge in [-0.05, 0) is 38.0 Å². The van der Waals surface area contributed by atoms with Gasteiger partial charge in [0.05, 0.1) is 0 Å². The van der Waals surface area contributed by atoms with Crippen LogP contribution in [0.15, 0.2) is 35.6 Å². The van der Waals surface area contributed by atoms with Gasteiger partial charge in [0, 0.05) is 0 Å². The van der Waals surface area contributed by atoms with Gasteiger partial charge in [-0.25, -0.2) is 0 Å². The summed E-state index contributed by atoms with van der Waals surface area (Å²) < 4.78 is 0. The van der Waals surface area contributed by atoms with Crippen LogP contribution in [0, 0.1) is 0 Å². The first-order valence-corrected chi connectivity index (χ1v) is 3.25. The SMILES string of the molecule is C=C/C(C)=C\C(O)=C(C)C. The summed E-state index contributed by atoms with van der Waals surface area (Å²) in [6.45, 7) is 9.19. The molecule has 0 saturated heterocycles. The van der Waals surface area contributed by atoms with Crippen molar-refractivity contribution in [2.75, 3.05) is 0 Å². The van der Waals surface area contributed by atoms with Gasteiger partial charge in [-0.2, -0.15) is 0 Å². The fraction of sp³-hybridized carbons (Fsp3) is 0.333. The Kier molecular flexibility index (Phi) is 3.55. The fourth-order valence-electron chi connectivity index (χ4n) is 0.419. The Morgan fingerprint density at radius 1 is 1.30 bits per heavy atom. The number of allylic oxidation sites excluding steroid dienone is 4. The summed E-state index contributed by atoms with van der Waals surface area (Å²) in [5.41, 5.74) is 1.89. The van der Waals surface area contributed by atoms with Crippen molar-refractivity contribution in [3.05, 3.63) is 35.6 Å². The number of aliphatic hydroxyl groups is 1. The summed E-state index contributed by atoms with van der Waals surface area (Å²) >= 11 is 0. The van der Waals surface area contributed by atoms with Crippen LogP contribution in [0.5, 0.6) is 0 Å². The first kappa shape index (κ1) is 9.02. The van der Waals surface area contributed by atoms with Crippen molar-refractivity contribution >= 4 is 0 Å². The van der Waals surface area contributed by atoms with E-state index < -0.39 is 0 Å². The van der Waals surface area contributed by atoms with E-state index >= 15 is 0 Å². The van der Waals surface area contributed by atoms with E-state index in [0.717, 1.165) is 11.1 Å². The molecule has 1 nitrogen and oxygen atoms in total. The smallest absolute Gasteiger partial charge is 0.114 e. The highest BCUT2D eigenvalue weighted by molar-refractivity contribution is 5.25. The minimum Gasteiger partial charge on any atom is -0.508 e. The number of aliphatic hydroxyl groups excluding tert-OH is 1. The lowest BCUT2D eigenvalue weighted by Gasteiger charge is -1.95. The first-order valence-electron chi connectivity index (χ1n) is 3.25. The molecule has 0 aromatic carbocycles. The van der Waals surface area contributed by atoms with Crippen LogP contribution in [0.1, 0.15) is 20.8 Å². The highest BCUT2D eigenvalue weighted by Gasteiger charge is 1.89.